The van der Waals surface area contributed by atoms with Gasteiger partial charge in [-0.1, -0.05) is 0 Å². The predicted molar refractivity (Wildman–Crippen MR) is 63.2 cm³/mol. The van der Waals surface area contributed by atoms with Crippen molar-refractivity contribution in [1.29, 1.82) is 0 Å². The quantitative estimate of drug-likeness (QED) is 0.734. The van der Waals surface area contributed by atoms with E-state index in [-0.39, 0.29) is 0 Å². The number of nitrogens with zero attached hydrogens (tertiary/aromatic N) is 3. The monoisotopic (exact) mass is 339 g/mol. The molecule has 0 atom stereocenters. The van der Waals surface area contributed by atoms with Gasteiger partial charge in [0.05, 0.1) is 0 Å². The van der Waals surface area contributed by atoms with E-state index in [2.05, 4.69) is 19.9 Å². The van der Waals surface area contributed by atoms with E-state index in [1.54, 1.807) is 0 Å². The van der Waals surface area contributed by atoms with Crippen LogP contribution in [0.1, 0.15) is 0 Å². The van der Waals surface area contributed by atoms with Gasteiger partial charge in [-0.3, -0.25) is 0 Å². The van der Waals surface area contributed by atoms with Crippen LogP contribution in [0, 0.1) is 0 Å². The first kappa shape index (κ1) is 13.0. The van der Waals surface area contributed by atoms with Crippen molar-refractivity contribution in [2.45, 2.75) is 14.8 Å². The van der Waals surface area contributed by atoms with Gasteiger partial charge < -0.3 is 0 Å². The van der Waals surface area contributed by atoms with Crippen molar-refractivity contribution < 1.29 is 8.42 Å². The molecule has 1 heterocycles. The summed E-state index contributed by atoms with van der Waals surface area (Å²) in [5, 5.41) is 4.15. The van der Waals surface area contributed by atoms with Gasteiger partial charge in [-0.05, 0) is 0 Å². The Balaban J connectivity index is 3.16. The Morgan fingerprint density at radius 3 is 2.20 bits per heavy atom. The first-order chi connectivity index (χ1) is 6.65. The van der Waals surface area contributed by atoms with Crippen molar-refractivity contribution in [1.82, 2.24) is 13.5 Å². The summed E-state index contributed by atoms with van der Waals surface area (Å²) in [4.78, 5) is 6.59. The van der Waals surface area contributed by atoms with E-state index in [9.17, 15) is 8.42 Å². The fourth-order valence-corrected chi connectivity index (χ4v) is 4.75. The summed E-state index contributed by atoms with van der Waals surface area (Å²) >= 11 is -2.26. The zero-order chi connectivity index (χ0) is 11.9. The van der Waals surface area contributed by atoms with Crippen LogP contribution in [0.5, 0.6) is 0 Å². The van der Waals surface area contributed by atoms with Crippen molar-refractivity contribution >= 4 is 32.3 Å². The van der Waals surface area contributed by atoms with Gasteiger partial charge in [0, 0.05) is 0 Å². The van der Waals surface area contributed by atoms with Gasteiger partial charge in [0.2, 0.25) is 0 Å². The second-order valence-corrected chi connectivity index (χ2v) is 20.9. The minimum absolute atomic E-state index is 0.967. The van der Waals surface area contributed by atoms with Crippen LogP contribution < -0.4 is 3.71 Å². The predicted octanol–water partition coefficient (Wildman–Crippen LogP) is 0.0828. The van der Waals surface area contributed by atoms with Gasteiger partial charge in [0.25, 0.3) is 0 Å². The van der Waals surface area contributed by atoms with Gasteiger partial charge in [0.15, 0.2) is 0 Å². The normalized spacial score (nSPS) is 13.5. The third-order valence-corrected chi connectivity index (χ3v) is 8.78. The van der Waals surface area contributed by atoms with Gasteiger partial charge in [-0.2, -0.15) is 0 Å². The van der Waals surface area contributed by atoms with Crippen molar-refractivity contribution in [3.05, 3.63) is 12.3 Å². The Labute approximate surface area is 95.1 Å². The van der Waals surface area contributed by atoms with Gasteiger partial charge in [0.1, 0.15) is 0 Å². The van der Waals surface area contributed by atoms with E-state index in [1.807, 2.05) is 6.07 Å². The van der Waals surface area contributed by atoms with Crippen molar-refractivity contribution in [2.75, 3.05) is 14.1 Å². The molecule has 0 spiro atoms. The molecule has 0 aromatic carbocycles. The molecule has 0 amide bonds. The van der Waals surface area contributed by atoms with Crippen LogP contribution in [0.15, 0.2) is 12.3 Å². The van der Waals surface area contributed by atoms with E-state index in [0.29, 0.717) is 0 Å². The summed E-state index contributed by atoms with van der Waals surface area (Å²) in [6, 6.07) is 1.82. The van der Waals surface area contributed by atoms with E-state index < -0.39 is 28.6 Å². The molecule has 5 nitrogen and oxygen atoms in total. The molecule has 0 radical (unpaired) electrons. The van der Waals surface area contributed by atoms with Crippen LogP contribution in [-0.4, -0.2) is 54.4 Å². The molecule has 7 heteroatoms. The van der Waals surface area contributed by atoms with E-state index in [0.717, 1.165) is 12.1 Å². The van der Waals surface area contributed by atoms with Crippen LogP contribution in [-0.2, 0) is 10.2 Å². The van der Waals surface area contributed by atoms with Crippen molar-refractivity contribution in [2.24, 2.45) is 0 Å². The molecule has 0 bridgehead atoms. The molecular weight excluding hydrogens is 321 g/mol. The average Bonchev–Trinajstić information content (AvgIpc) is 2.50. The van der Waals surface area contributed by atoms with E-state index >= 15 is 0 Å². The zero-order valence-electron chi connectivity index (χ0n) is 9.72. The Bertz CT molecular complexity index is 445. The van der Waals surface area contributed by atoms with Gasteiger partial charge >= 0.3 is 95.4 Å². The topological polar surface area (TPSA) is 55.2 Å². The van der Waals surface area contributed by atoms with Gasteiger partial charge in [-0.15, -0.1) is 0 Å². The molecule has 86 valence electrons. The molecular formula is C8H17N3O2SSn. The Morgan fingerprint density at radius 1 is 1.33 bits per heavy atom. The Hall–Kier alpha value is -0.0813. The molecule has 0 saturated heterocycles. The van der Waals surface area contributed by atoms with Crippen LogP contribution >= 0.6 is 0 Å². The molecule has 0 aliphatic carbocycles. The molecule has 1 aromatic rings. The summed E-state index contributed by atoms with van der Waals surface area (Å²) in [6.07, 6.45) is 1.52. The summed E-state index contributed by atoms with van der Waals surface area (Å²) in [6.45, 7) is 0. The third-order valence-electron chi connectivity index (χ3n) is 2.03. The first-order valence-electron chi connectivity index (χ1n) is 4.65. The number of hydrogen-bond acceptors (Lipinski definition) is 3. The van der Waals surface area contributed by atoms with E-state index in [1.165, 1.54) is 20.3 Å². The van der Waals surface area contributed by atoms with Crippen LogP contribution in [0.25, 0.3) is 0 Å². The zero-order valence-corrected chi connectivity index (χ0v) is 13.4. The summed E-state index contributed by atoms with van der Waals surface area (Å²) in [5.41, 5.74) is 0. The third kappa shape index (κ3) is 2.73. The fraction of sp³-hybridized carbons (Fsp3) is 0.625. The second kappa shape index (κ2) is 4.06. The molecule has 0 fully saturated rings. The van der Waals surface area contributed by atoms with Crippen LogP contribution in [0.2, 0.25) is 14.8 Å². The average molecular weight is 338 g/mol. The van der Waals surface area contributed by atoms with Crippen molar-refractivity contribution in [3.63, 3.8) is 0 Å². The summed E-state index contributed by atoms with van der Waals surface area (Å²) in [7, 11) is -0.450. The SMILES string of the molecule is CN(C)S(=O)(=O)n1cc[c]([Sn]([CH3])([CH3])[CH3])n1. The molecule has 0 N–H and O–H groups in total. The molecule has 0 saturated carbocycles. The molecule has 0 unspecified atom stereocenters. The summed E-state index contributed by atoms with van der Waals surface area (Å²) < 4.78 is 26.6. The fourth-order valence-electron chi connectivity index (χ4n) is 1.00. The molecule has 15 heavy (non-hydrogen) atoms. The second-order valence-electron chi connectivity index (χ2n) is 4.61. The Morgan fingerprint density at radius 2 is 1.87 bits per heavy atom. The van der Waals surface area contributed by atoms with E-state index in [4.69, 9.17) is 0 Å². The van der Waals surface area contributed by atoms with Gasteiger partial charge in [-0.25, -0.2) is 0 Å². The van der Waals surface area contributed by atoms with Crippen molar-refractivity contribution in [3.8, 4) is 0 Å². The van der Waals surface area contributed by atoms with Crippen LogP contribution in [0.4, 0.5) is 0 Å². The number of rotatable bonds is 3. The molecule has 1 aromatic heterocycles. The molecule has 1 rings (SSSR count). The summed E-state index contributed by atoms with van der Waals surface area (Å²) in [5.74, 6) is 0. The maximum atomic E-state index is 11.7. The number of hydrogen-bond donors (Lipinski definition) is 0. The minimum atomic E-state index is -3.44. The molecule has 0 aliphatic heterocycles. The molecule has 0 aliphatic rings. The Kier molecular flexibility index (Phi) is 3.52. The first-order valence-corrected chi connectivity index (χ1v) is 16.0. The standard InChI is InChI=1S/C5H8N3O2S.3CH3.Sn/c1-7(2)11(9,10)8-5-3-4-6-8;;;;/h3,5H,1-2H3;3*1H3;. The maximum absolute atomic E-state index is 11.7. The number of aromatic nitrogens is 2. The van der Waals surface area contributed by atoms with Crippen LogP contribution in [0.3, 0.4) is 0 Å².